The number of nitrogens with one attached hydrogen (secondary N) is 2. The van der Waals surface area contributed by atoms with Gasteiger partial charge in [-0.3, -0.25) is 19.4 Å². The van der Waals surface area contributed by atoms with Crippen molar-refractivity contribution in [1.29, 1.82) is 0 Å². The molecule has 0 spiro atoms. The fourth-order valence-corrected chi connectivity index (χ4v) is 5.26. The first-order chi connectivity index (χ1) is 19.1. The van der Waals surface area contributed by atoms with Gasteiger partial charge in [-0.15, -0.1) is 0 Å². The number of benzene rings is 2. The first-order valence-corrected chi connectivity index (χ1v) is 14.6. The average Bonchev–Trinajstić information content (AvgIpc) is 2.94. The van der Waals surface area contributed by atoms with Gasteiger partial charge in [0, 0.05) is 31.2 Å². The van der Waals surface area contributed by atoms with Crippen LogP contribution in [-0.2, 0) is 37.4 Å². The van der Waals surface area contributed by atoms with Crippen LogP contribution in [0, 0.1) is 11.8 Å². The molecule has 1 unspecified atom stereocenters. The molecule has 1 amide bonds. The largest absolute Gasteiger partial charge is 0.487 e. The van der Waals surface area contributed by atoms with Gasteiger partial charge in [-0.25, -0.2) is 13.1 Å². The molecule has 212 valence electrons. The number of sulfonamides is 1. The molecule has 0 saturated carbocycles. The smallest absolute Gasteiger partial charge is 0.244 e. The first kappa shape index (κ1) is 30.6. The second-order valence-electron chi connectivity index (χ2n) is 9.90. The van der Waals surface area contributed by atoms with Crippen molar-refractivity contribution in [2.45, 2.75) is 44.6 Å². The predicted octanol–water partition coefficient (Wildman–Crippen LogP) is 3.49. The summed E-state index contributed by atoms with van der Waals surface area (Å²) < 4.78 is 33.9. The molecule has 3 rings (SSSR count). The third-order valence-electron chi connectivity index (χ3n) is 6.05. The lowest BCUT2D eigenvalue weighted by Crippen LogP contribution is -2.40. The molecule has 40 heavy (non-hydrogen) atoms. The summed E-state index contributed by atoms with van der Waals surface area (Å²) in [6.07, 6.45) is 3.94. The number of carbonyl (C=O) groups excluding carboxylic acids is 3. The van der Waals surface area contributed by atoms with E-state index in [1.54, 1.807) is 42.7 Å². The molecule has 0 bridgehead atoms. The summed E-state index contributed by atoms with van der Waals surface area (Å²) in [7, 11) is -4.06. The Morgan fingerprint density at radius 2 is 1.52 bits per heavy atom. The van der Waals surface area contributed by atoms with E-state index in [1.165, 1.54) is 6.07 Å². The minimum atomic E-state index is -4.06. The first-order valence-electron chi connectivity index (χ1n) is 13.1. The van der Waals surface area contributed by atoms with Crippen LogP contribution in [0.3, 0.4) is 0 Å². The maximum Gasteiger partial charge on any atom is 0.244 e. The molecule has 1 aromatic heterocycles. The Morgan fingerprint density at radius 3 is 2.23 bits per heavy atom. The molecular weight excluding hydrogens is 530 g/mol. The van der Waals surface area contributed by atoms with Crippen LogP contribution in [0.2, 0.25) is 0 Å². The van der Waals surface area contributed by atoms with Crippen LogP contribution in [0.5, 0.6) is 5.75 Å². The number of Topliss-reactive ketones (excluding diaryl/α,β-unsaturated/α-hetero) is 2. The van der Waals surface area contributed by atoms with Gasteiger partial charge in [0.1, 0.15) is 23.0 Å². The lowest BCUT2D eigenvalue weighted by molar-refractivity contribution is -0.131. The Balaban J connectivity index is 1.53. The van der Waals surface area contributed by atoms with Crippen molar-refractivity contribution in [2.24, 2.45) is 11.8 Å². The molecule has 2 aromatic carbocycles. The number of ketones is 2. The van der Waals surface area contributed by atoms with Gasteiger partial charge < -0.3 is 10.1 Å². The van der Waals surface area contributed by atoms with Crippen molar-refractivity contribution in [3.05, 3.63) is 90.3 Å². The summed E-state index contributed by atoms with van der Waals surface area (Å²) in [4.78, 5) is 41.8. The maximum atomic E-state index is 12.9. The van der Waals surface area contributed by atoms with Gasteiger partial charge in [-0.1, -0.05) is 56.3 Å². The van der Waals surface area contributed by atoms with Crippen molar-refractivity contribution >= 4 is 27.5 Å². The van der Waals surface area contributed by atoms with Crippen LogP contribution < -0.4 is 14.8 Å². The molecule has 1 atom stereocenters. The number of rotatable bonds is 16. The second kappa shape index (κ2) is 15.0. The molecular formula is C30H35N3O6S. The van der Waals surface area contributed by atoms with Crippen LogP contribution in [0.15, 0.2) is 84.0 Å². The monoisotopic (exact) mass is 565 g/mol. The van der Waals surface area contributed by atoms with Crippen LogP contribution in [0.1, 0.15) is 37.8 Å². The zero-order valence-corrected chi connectivity index (χ0v) is 23.5. The average molecular weight is 566 g/mol. The van der Waals surface area contributed by atoms with Crippen molar-refractivity contribution in [3.63, 3.8) is 0 Å². The zero-order chi connectivity index (χ0) is 29.0. The molecule has 0 radical (unpaired) electrons. The van der Waals surface area contributed by atoms with Crippen molar-refractivity contribution < 1.29 is 27.5 Å². The standard InChI is InChI=1S/C30H35N3O6S/c1-22(2)16-25(18-26(34)17-23-12-14-31-15-13-23)30(36)32-19-27(35)20-33-40(37,38)29-11-7-6-10-28(29)39-21-24-8-4-3-5-9-24/h3-15,22,25,33H,16-21H2,1-2H3,(H,32,36). The molecule has 1 heterocycles. The molecule has 10 heteroatoms. The Labute approximate surface area is 235 Å². The van der Waals surface area contributed by atoms with Gasteiger partial charge in [0.2, 0.25) is 15.9 Å². The highest BCUT2D eigenvalue weighted by atomic mass is 32.2. The van der Waals surface area contributed by atoms with Crippen LogP contribution in [-0.4, -0.2) is 44.0 Å². The van der Waals surface area contributed by atoms with E-state index < -0.39 is 34.2 Å². The van der Waals surface area contributed by atoms with Gasteiger partial charge in [-0.05, 0) is 47.7 Å². The SMILES string of the molecule is CC(C)CC(CC(=O)Cc1ccncc1)C(=O)NCC(=O)CNS(=O)(=O)c1ccccc1OCc1ccccc1. The minimum absolute atomic E-state index is 0.0485. The van der Waals surface area contributed by atoms with Crippen molar-refractivity contribution in [1.82, 2.24) is 15.0 Å². The summed E-state index contributed by atoms with van der Waals surface area (Å²) in [5, 5.41) is 2.57. The molecule has 0 aliphatic rings. The Kier molecular flexibility index (Phi) is 11.5. The summed E-state index contributed by atoms with van der Waals surface area (Å²) in [6.45, 7) is 3.22. The lowest BCUT2D eigenvalue weighted by Gasteiger charge is -2.18. The number of amides is 1. The number of carbonyl (C=O) groups is 3. The van der Waals surface area contributed by atoms with E-state index >= 15 is 0 Å². The lowest BCUT2D eigenvalue weighted by atomic mass is 9.90. The highest BCUT2D eigenvalue weighted by molar-refractivity contribution is 7.89. The molecule has 0 saturated heterocycles. The fraction of sp³-hybridized carbons (Fsp3) is 0.333. The molecule has 0 aliphatic carbocycles. The van der Waals surface area contributed by atoms with Crippen LogP contribution in [0.25, 0.3) is 0 Å². The third kappa shape index (κ3) is 10.0. The van der Waals surface area contributed by atoms with E-state index in [0.29, 0.717) is 6.42 Å². The molecule has 9 nitrogen and oxygen atoms in total. The highest BCUT2D eigenvalue weighted by Crippen LogP contribution is 2.24. The Morgan fingerprint density at radius 1 is 0.850 bits per heavy atom. The summed E-state index contributed by atoms with van der Waals surface area (Å²) in [5.74, 6) is -1.28. The quantitative estimate of drug-likeness (QED) is 0.272. The highest BCUT2D eigenvalue weighted by Gasteiger charge is 2.24. The Hall–Kier alpha value is -3.89. The van der Waals surface area contributed by atoms with Gasteiger partial charge in [0.05, 0.1) is 13.1 Å². The van der Waals surface area contributed by atoms with E-state index in [4.69, 9.17) is 4.74 Å². The number of para-hydroxylation sites is 1. The number of hydrogen-bond donors (Lipinski definition) is 2. The van der Waals surface area contributed by atoms with Gasteiger partial charge in [0.15, 0.2) is 5.78 Å². The van der Waals surface area contributed by atoms with E-state index in [1.807, 2.05) is 44.2 Å². The zero-order valence-electron chi connectivity index (χ0n) is 22.7. The Bertz CT molecular complexity index is 1380. The number of hydrogen-bond acceptors (Lipinski definition) is 7. The minimum Gasteiger partial charge on any atom is -0.487 e. The molecule has 0 fully saturated rings. The van der Waals surface area contributed by atoms with Crippen molar-refractivity contribution in [3.8, 4) is 5.75 Å². The summed E-state index contributed by atoms with van der Waals surface area (Å²) in [5.41, 5.74) is 1.70. The van der Waals surface area contributed by atoms with Crippen LogP contribution in [0.4, 0.5) is 0 Å². The molecule has 3 aromatic rings. The second-order valence-corrected chi connectivity index (χ2v) is 11.6. The summed E-state index contributed by atoms with van der Waals surface area (Å²) in [6, 6.07) is 19.0. The predicted molar refractivity (Wildman–Crippen MR) is 151 cm³/mol. The van der Waals surface area contributed by atoms with E-state index in [-0.39, 0.29) is 48.3 Å². The molecule has 0 aliphatic heterocycles. The van der Waals surface area contributed by atoms with E-state index in [9.17, 15) is 22.8 Å². The number of ether oxygens (including phenoxy) is 1. The van der Waals surface area contributed by atoms with E-state index in [2.05, 4.69) is 15.0 Å². The van der Waals surface area contributed by atoms with Gasteiger partial charge >= 0.3 is 0 Å². The topological polar surface area (TPSA) is 132 Å². The fourth-order valence-electron chi connectivity index (χ4n) is 4.10. The van der Waals surface area contributed by atoms with Crippen LogP contribution >= 0.6 is 0 Å². The van der Waals surface area contributed by atoms with Crippen molar-refractivity contribution in [2.75, 3.05) is 13.1 Å². The normalized spacial score (nSPS) is 12.1. The number of nitrogens with zero attached hydrogens (tertiary/aromatic N) is 1. The van der Waals surface area contributed by atoms with Gasteiger partial charge in [-0.2, -0.15) is 0 Å². The number of aromatic nitrogens is 1. The molecule has 2 N–H and O–H groups in total. The third-order valence-corrected chi connectivity index (χ3v) is 7.49. The maximum absolute atomic E-state index is 12.9. The van der Waals surface area contributed by atoms with E-state index in [0.717, 1.165) is 11.1 Å². The number of pyridine rings is 1. The van der Waals surface area contributed by atoms with Gasteiger partial charge in [0.25, 0.3) is 0 Å². The summed E-state index contributed by atoms with van der Waals surface area (Å²) >= 11 is 0.